The number of benzene rings is 1. The van der Waals surface area contributed by atoms with Crippen molar-refractivity contribution in [3.05, 3.63) is 35.4 Å². The number of allylic oxidation sites excluding steroid dienone is 1. The van der Waals surface area contributed by atoms with Crippen molar-refractivity contribution in [3.63, 3.8) is 0 Å². The van der Waals surface area contributed by atoms with Crippen LogP contribution in [0, 0.1) is 0 Å². The highest BCUT2D eigenvalue weighted by Crippen LogP contribution is 2.20. The summed E-state index contributed by atoms with van der Waals surface area (Å²) in [6.07, 6.45) is 7.74. The third-order valence-electron chi connectivity index (χ3n) is 2.91. The Hall–Kier alpha value is -2.15. The van der Waals surface area contributed by atoms with Gasteiger partial charge in [0, 0.05) is 11.8 Å². The van der Waals surface area contributed by atoms with Gasteiger partial charge in [-0.05, 0) is 24.1 Å². The molecule has 4 N–H and O–H groups in total. The van der Waals surface area contributed by atoms with E-state index in [1.165, 1.54) is 12.1 Å². The first-order chi connectivity index (χ1) is 10.3. The molecule has 120 valence electrons. The van der Waals surface area contributed by atoms with E-state index < -0.39 is 15.7 Å². The number of nitrogens with zero attached hydrogens (tertiary/aromatic N) is 1. The lowest BCUT2D eigenvalue weighted by atomic mass is 10.1. The van der Waals surface area contributed by atoms with Crippen LogP contribution in [0.3, 0.4) is 0 Å². The first-order valence-corrected chi connectivity index (χ1v) is 8.79. The standard InChI is InChI=1S/C15H21N3O3S/c1-3-4-5-6-7-11-8-9-12(14(19)18-15(16)17)10-13(11)22(2,20)21/h6-10H,3-5H2,1-2H3,(H4,16,17,18,19). The molecule has 0 aliphatic heterocycles. The van der Waals surface area contributed by atoms with Crippen LogP contribution in [-0.4, -0.2) is 26.5 Å². The van der Waals surface area contributed by atoms with Gasteiger partial charge in [0.05, 0.1) is 4.90 Å². The summed E-state index contributed by atoms with van der Waals surface area (Å²) in [4.78, 5) is 15.3. The highest BCUT2D eigenvalue weighted by Gasteiger charge is 2.15. The van der Waals surface area contributed by atoms with Gasteiger partial charge in [-0.15, -0.1) is 0 Å². The van der Waals surface area contributed by atoms with E-state index in [2.05, 4.69) is 11.9 Å². The molecule has 7 heteroatoms. The summed E-state index contributed by atoms with van der Waals surface area (Å²) in [6.45, 7) is 2.08. The Labute approximate surface area is 130 Å². The van der Waals surface area contributed by atoms with Crippen molar-refractivity contribution in [2.75, 3.05) is 6.26 Å². The summed E-state index contributed by atoms with van der Waals surface area (Å²) < 4.78 is 23.8. The van der Waals surface area contributed by atoms with E-state index in [9.17, 15) is 13.2 Å². The SMILES string of the molecule is CCCCC=Cc1ccc(C(=O)N=C(N)N)cc1S(C)(=O)=O. The van der Waals surface area contributed by atoms with Gasteiger partial charge < -0.3 is 11.5 Å². The van der Waals surface area contributed by atoms with Gasteiger partial charge in [-0.25, -0.2) is 8.42 Å². The van der Waals surface area contributed by atoms with Gasteiger partial charge in [0.25, 0.3) is 5.91 Å². The molecule has 0 aromatic heterocycles. The molecule has 22 heavy (non-hydrogen) atoms. The number of carbonyl (C=O) groups excluding carboxylic acids is 1. The van der Waals surface area contributed by atoms with Gasteiger partial charge in [0.1, 0.15) is 0 Å². The Morgan fingerprint density at radius 3 is 2.55 bits per heavy atom. The molecule has 1 aromatic rings. The lowest BCUT2D eigenvalue weighted by Crippen LogP contribution is -2.24. The number of sulfone groups is 1. The zero-order valence-corrected chi connectivity index (χ0v) is 13.6. The van der Waals surface area contributed by atoms with Gasteiger partial charge in [-0.1, -0.05) is 38.0 Å². The van der Waals surface area contributed by atoms with E-state index in [1.54, 1.807) is 12.1 Å². The van der Waals surface area contributed by atoms with Crippen LogP contribution in [0.25, 0.3) is 6.08 Å². The molecule has 1 aromatic carbocycles. The van der Waals surface area contributed by atoms with Crippen LogP contribution < -0.4 is 11.5 Å². The highest BCUT2D eigenvalue weighted by molar-refractivity contribution is 7.90. The van der Waals surface area contributed by atoms with Crippen molar-refractivity contribution in [1.82, 2.24) is 0 Å². The predicted octanol–water partition coefficient (Wildman–Crippen LogP) is 1.71. The summed E-state index contributed by atoms with van der Waals surface area (Å²) in [7, 11) is -3.48. The van der Waals surface area contributed by atoms with Crippen LogP contribution in [0.2, 0.25) is 0 Å². The maximum Gasteiger partial charge on any atom is 0.280 e. The molecule has 0 heterocycles. The Bertz CT molecular complexity index is 703. The summed E-state index contributed by atoms with van der Waals surface area (Å²) in [5.41, 5.74) is 11.0. The van der Waals surface area contributed by atoms with Gasteiger partial charge >= 0.3 is 0 Å². The quantitative estimate of drug-likeness (QED) is 0.469. The number of rotatable bonds is 6. The Morgan fingerprint density at radius 2 is 2.00 bits per heavy atom. The molecule has 0 aliphatic rings. The fraction of sp³-hybridized carbons (Fsp3) is 0.333. The summed E-state index contributed by atoms with van der Waals surface area (Å²) in [5, 5.41) is 0. The molecule has 1 amide bonds. The number of carbonyl (C=O) groups is 1. The second-order valence-electron chi connectivity index (χ2n) is 4.91. The molecule has 0 saturated carbocycles. The second-order valence-corrected chi connectivity index (χ2v) is 6.90. The second kappa shape index (κ2) is 7.74. The number of hydrogen-bond donors (Lipinski definition) is 2. The molecule has 6 nitrogen and oxygen atoms in total. The van der Waals surface area contributed by atoms with E-state index in [-0.39, 0.29) is 16.4 Å². The van der Waals surface area contributed by atoms with Gasteiger partial charge in [0.2, 0.25) is 0 Å². The van der Waals surface area contributed by atoms with Crippen LogP contribution in [0.4, 0.5) is 0 Å². The molecule has 0 saturated heterocycles. The van der Waals surface area contributed by atoms with Crippen LogP contribution in [0.5, 0.6) is 0 Å². The summed E-state index contributed by atoms with van der Waals surface area (Å²) in [6, 6.07) is 4.38. The molecule has 0 radical (unpaired) electrons. The number of guanidine groups is 1. The lowest BCUT2D eigenvalue weighted by Gasteiger charge is -2.06. The summed E-state index contributed by atoms with van der Waals surface area (Å²) >= 11 is 0. The highest BCUT2D eigenvalue weighted by atomic mass is 32.2. The maximum atomic E-state index is 11.9. The molecule has 0 aliphatic carbocycles. The zero-order valence-electron chi connectivity index (χ0n) is 12.7. The fourth-order valence-electron chi connectivity index (χ4n) is 1.84. The molecule has 0 spiro atoms. The van der Waals surface area contributed by atoms with Crippen molar-refractivity contribution in [2.24, 2.45) is 16.5 Å². The Balaban J connectivity index is 3.23. The van der Waals surface area contributed by atoms with Crippen molar-refractivity contribution in [2.45, 2.75) is 31.1 Å². The van der Waals surface area contributed by atoms with E-state index >= 15 is 0 Å². The van der Waals surface area contributed by atoms with Crippen molar-refractivity contribution >= 4 is 27.8 Å². The van der Waals surface area contributed by atoms with Crippen LogP contribution in [-0.2, 0) is 9.84 Å². The Kier molecular flexibility index (Phi) is 6.30. The largest absolute Gasteiger partial charge is 0.370 e. The topological polar surface area (TPSA) is 116 Å². The van der Waals surface area contributed by atoms with Gasteiger partial charge in [-0.2, -0.15) is 4.99 Å². The minimum absolute atomic E-state index is 0.0805. The molecule has 0 unspecified atom stereocenters. The van der Waals surface area contributed by atoms with Gasteiger partial charge in [-0.3, -0.25) is 4.79 Å². The molecule has 0 fully saturated rings. The van der Waals surface area contributed by atoms with Crippen molar-refractivity contribution < 1.29 is 13.2 Å². The van der Waals surface area contributed by atoms with E-state index in [1.807, 2.05) is 6.08 Å². The van der Waals surface area contributed by atoms with Gasteiger partial charge in [0.15, 0.2) is 15.8 Å². The van der Waals surface area contributed by atoms with Crippen molar-refractivity contribution in [1.29, 1.82) is 0 Å². The summed E-state index contributed by atoms with van der Waals surface area (Å²) in [5.74, 6) is -1.04. The van der Waals surface area contributed by atoms with Crippen molar-refractivity contribution in [3.8, 4) is 0 Å². The molecule has 0 atom stereocenters. The van der Waals surface area contributed by atoms with E-state index in [0.29, 0.717) is 5.56 Å². The van der Waals surface area contributed by atoms with Crippen LogP contribution >= 0.6 is 0 Å². The first-order valence-electron chi connectivity index (χ1n) is 6.90. The number of nitrogens with two attached hydrogens (primary N) is 2. The number of amides is 1. The number of aliphatic imine (C=N–C) groups is 1. The first kappa shape index (κ1) is 17.9. The normalized spacial score (nSPS) is 11.5. The monoisotopic (exact) mass is 323 g/mol. The zero-order chi connectivity index (χ0) is 16.8. The lowest BCUT2D eigenvalue weighted by molar-refractivity contribution is 0.100. The van der Waals surface area contributed by atoms with Crippen LogP contribution in [0.15, 0.2) is 34.2 Å². The third-order valence-corrected chi connectivity index (χ3v) is 4.06. The smallest absolute Gasteiger partial charge is 0.280 e. The average Bonchev–Trinajstić information content (AvgIpc) is 2.42. The molecule has 1 rings (SSSR count). The van der Waals surface area contributed by atoms with E-state index in [4.69, 9.17) is 11.5 Å². The third kappa shape index (κ3) is 5.33. The molecular formula is C15H21N3O3S. The average molecular weight is 323 g/mol. The minimum atomic E-state index is -3.48. The number of unbranched alkanes of at least 4 members (excludes halogenated alkanes) is 2. The molecule has 0 bridgehead atoms. The maximum absolute atomic E-state index is 11.9. The number of hydrogen-bond acceptors (Lipinski definition) is 3. The fourth-order valence-corrected chi connectivity index (χ4v) is 2.75. The molecular weight excluding hydrogens is 302 g/mol. The Morgan fingerprint density at radius 1 is 1.32 bits per heavy atom. The van der Waals surface area contributed by atoms with Crippen LogP contribution in [0.1, 0.15) is 42.1 Å². The van der Waals surface area contributed by atoms with E-state index in [0.717, 1.165) is 25.5 Å². The minimum Gasteiger partial charge on any atom is -0.370 e. The predicted molar refractivity (Wildman–Crippen MR) is 88.3 cm³/mol.